The summed E-state index contributed by atoms with van der Waals surface area (Å²) in [6, 6.07) is 0.849. The molecule has 0 aliphatic carbocycles. The van der Waals surface area contributed by atoms with Crippen LogP contribution in [-0.2, 0) is 19.6 Å². The fourth-order valence-corrected chi connectivity index (χ4v) is 3.40. The summed E-state index contributed by atoms with van der Waals surface area (Å²) >= 11 is 0. The van der Waals surface area contributed by atoms with Crippen LogP contribution in [0.4, 0.5) is 13.6 Å². The minimum absolute atomic E-state index is 0.246. The van der Waals surface area contributed by atoms with E-state index in [1.165, 1.54) is 0 Å². The molecule has 2 rings (SSSR count). The summed E-state index contributed by atoms with van der Waals surface area (Å²) in [5, 5.41) is 0. The van der Waals surface area contributed by atoms with E-state index < -0.39 is 44.6 Å². The van der Waals surface area contributed by atoms with Gasteiger partial charge in [0.1, 0.15) is 22.6 Å². The van der Waals surface area contributed by atoms with E-state index in [4.69, 9.17) is 0 Å². The molecule has 0 unspecified atom stereocenters. The molecule has 0 bridgehead atoms. The normalized spacial score (nSPS) is 17.9. The molecule has 10 heteroatoms. The number of hydrogen-bond donors (Lipinski definition) is 1. The van der Waals surface area contributed by atoms with E-state index in [2.05, 4.69) is 4.74 Å². The molecule has 23 heavy (non-hydrogen) atoms. The zero-order valence-electron chi connectivity index (χ0n) is 12.1. The van der Waals surface area contributed by atoms with Gasteiger partial charge in [0, 0.05) is 12.6 Å². The van der Waals surface area contributed by atoms with Crippen LogP contribution in [0.5, 0.6) is 0 Å². The maximum absolute atomic E-state index is 13.6. The Labute approximate surface area is 131 Å². The Morgan fingerprint density at radius 1 is 1.35 bits per heavy atom. The molecular weight excluding hydrogens is 334 g/mol. The average molecular weight is 348 g/mol. The van der Waals surface area contributed by atoms with Crippen molar-refractivity contribution >= 4 is 22.0 Å². The number of nitrogens with one attached hydrogen (secondary N) is 1. The van der Waals surface area contributed by atoms with Gasteiger partial charge in [-0.3, -0.25) is 9.69 Å². The number of rotatable bonds is 3. The molecule has 1 aromatic rings. The first-order chi connectivity index (χ1) is 10.8. The summed E-state index contributed by atoms with van der Waals surface area (Å²) in [7, 11) is -3.38. The third kappa shape index (κ3) is 3.58. The van der Waals surface area contributed by atoms with Crippen LogP contribution >= 0.6 is 0 Å². The number of halogens is 2. The van der Waals surface area contributed by atoms with Crippen molar-refractivity contribution in [3.63, 3.8) is 0 Å². The second-order valence-electron chi connectivity index (χ2n) is 4.87. The molecule has 126 valence electrons. The molecule has 7 nitrogen and oxygen atoms in total. The van der Waals surface area contributed by atoms with Gasteiger partial charge in [0.2, 0.25) is 0 Å². The van der Waals surface area contributed by atoms with E-state index in [0.717, 1.165) is 18.1 Å². The Kier molecular flexibility index (Phi) is 4.83. The average Bonchev–Trinajstić information content (AvgIpc) is 2.95. The van der Waals surface area contributed by atoms with Gasteiger partial charge in [-0.25, -0.2) is 26.7 Å². The minimum Gasteiger partial charge on any atom is -0.453 e. The second kappa shape index (κ2) is 6.49. The molecule has 1 atom stereocenters. The number of sulfonamides is 1. The van der Waals surface area contributed by atoms with Crippen molar-refractivity contribution in [2.45, 2.75) is 23.8 Å². The van der Waals surface area contributed by atoms with Crippen molar-refractivity contribution in [2.75, 3.05) is 13.7 Å². The van der Waals surface area contributed by atoms with E-state index in [0.29, 0.717) is 18.6 Å². The van der Waals surface area contributed by atoms with Crippen molar-refractivity contribution in [3.8, 4) is 0 Å². The maximum atomic E-state index is 13.6. The fraction of sp³-hybridized carbons (Fsp3) is 0.385. The van der Waals surface area contributed by atoms with Crippen LogP contribution in [0, 0.1) is 11.6 Å². The molecule has 0 spiro atoms. The number of carbonyl (C=O) groups excluding carboxylic acids is 2. The van der Waals surface area contributed by atoms with Gasteiger partial charge in [-0.2, -0.15) is 0 Å². The van der Waals surface area contributed by atoms with Crippen molar-refractivity contribution in [1.82, 2.24) is 9.62 Å². The van der Waals surface area contributed by atoms with Gasteiger partial charge in [0.15, 0.2) is 0 Å². The van der Waals surface area contributed by atoms with E-state index in [1.807, 2.05) is 0 Å². The number of likely N-dealkylation sites (tertiary alicyclic amines) is 1. The molecule has 0 aromatic heterocycles. The summed E-state index contributed by atoms with van der Waals surface area (Å²) in [5.41, 5.74) is 0. The lowest BCUT2D eigenvalue weighted by molar-refractivity contribution is -0.123. The lowest BCUT2D eigenvalue weighted by Gasteiger charge is -2.22. The summed E-state index contributed by atoms with van der Waals surface area (Å²) in [6.45, 7) is 0.246. The van der Waals surface area contributed by atoms with Gasteiger partial charge in [0.05, 0.1) is 7.11 Å². The van der Waals surface area contributed by atoms with Crippen LogP contribution in [0.1, 0.15) is 12.8 Å². The van der Waals surface area contributed by atoms with Gasteiger partial charge in [-0.1, -0.05) is 0 Å². The predicted molar refractivity (Wildman–Crippen MR) is 73.8 cm³/mol. The third-order valence-corrected chi connectivity index (χ3v) is 4.76. The Hall–Kier alpha value is -2.23. The van der Waals surface area contributed by atoms with Crippen molar-refractivity contribution in [1.29, 1.82) is 0 Å². The molecule has 1 aliphatic heterocycles. The Bertz CT molecular complexity index is 738. The van der Waals surface area contributed by atoms with Crippen LogP contribution in [-0.4, -0.2) is 45.0 Å². The quantitative estimate of drug-likeness (QED) is 0.880. The number of hydrogen-bond acceptors (Lipinski definition) is 5. The van der Waals surface area contributed by atoms with Crippen LogP contribution in [0.2, 0.25) is 0 Å². The topological polar surface area (TPSA) is 92.8 Å². The minimum atomic E-state index is -4.52. The van der Waals surface area contributed by atoms with Crippen LogP contribution < -0.4 is 4.72 Å². The van der Waals surface area contributed by atoms with E-state index in [-0.39, 0.29) is 13.0 Å². The van der Waals surface area contributed by atoms with Gasteiger partial charge < -0.3 is 4.74 Å². The van der Waals surface area contributed by atoms with Gasteiger partial charge in [-0.15, -0.1) is 0 Å². The van der Waals surface area contributed by atoms with Crippen molar-refractivity contribution in [2.24, 2.45) is 0 Å². The van der Waals surface area contributed by atoms with E-state index >= 15 is 0 Å². The number of nitrogens with zero attached hydrogens (tertiary/aromatic N) is 1. The highest BCUT2D eigenvalue weighted by Gasteiger charge is 2.37. The Morgan fingerprint density at radius 2 is 2.04 bits per heavy atom. The Balaban J connectivity index is 2.20. The standard InChI is InChI=1S/C13H14F2N2O5S/c1-22-13(19)17-6-2-3-10(17)12(18)16-23(20,21)11-5-4-8(14)7-9(11)15/h4-5,7,10H,2-3,6H2,1H3,(H,16,18)/t10-/m0/s1. The van der Waals surface area contributed by atoms with Crippen molar-refractivity contribution < 1.29 is 31.5 Å². The maximum Gasteiger partial charge on any atom is 0.410 e. The summed E-state index contributed by atoms with van der Waals surface area (Å²) in [6.07, 6.45) is -0.00598. The van der Waals surface area contributed by atoms with E-state index in [1.54, 1.807) is 4.72 Å². The lowest BCUT2D eigenvalue weighted by Crippen LogP contribution is -2.47. The van der Waals surface area contributed by atoms with Crippen LogP contribution in [0.15, 0.2) is 23.1 Å². The predicted octanol–water partition coefficient (Wildman–Crippen LogP) is 1.00. The molecule has 1 fully saturated rings. The lowest BCUT2D eigenvalue weighted by atomic mass is 10.2. The van der Waals surface area contributed by atoms with E-state index in [9.17, 15) is 26.8 Å². The summed E-state index contributed by atoms with van der Waals surface area (Å²) in [4.78, 5) is 23.9. The highest BCUT2D eigenvalue weighted by Crippen LogP contribution is 2.20. The number of methoxy groups -OCH3 is 1. The second-order valence-corrected chi connectivity index (χ2v) is 6.52. The zero-order chi connectivity index (χ0) is 17.2. The monoisotopic (exact) mass is 348 g/mol. The Morgan fingerprint density at radius 3 is 2.65 bits per heavy atom. The summed E-state index contributed by atoms with van der Waals surface area (Å²) in [5.74, 6) is -3.24. The highest BCUT2D eigenvalue weighted by atomic mass is 32.2. The van der Waals surface area contributed by atoms with Crippen LogP contribution in [0.25, 0.3) is 0 Å². The smallest absolute Gasteiger partial charge is 0.410 e. The van der Waals surface area contributed by atoms with Gasteiger partial charge >= 0.3 is 6.09 Å². The molecular formula is C13H14F2N2O5S. The molecule has 1 N–H and O–H groups in total. The third-order valence-electron chi connectivity index (χ3n) is 3.38. The zero-order valence-corrected chi connectivity index (χ0v) is 12.9. The van der Waals surface area contributed by atoms with Crippen molar-refractivity contribution in [3.05, 3.63) is 29.8 Å². The number of amides is 2. The van der Waals surface area contributed by atoms with Gasteiger partial charge in [-0.05, 0) is 25.0 Å². The fourth-order valence-electron chi connectivity index (χ4n) is 2.32. The largest absolute Gasteiger partial charge is 0.453 e. The van der Waals surface area contributed by atoms with Crippen LogP contribution in [0.3, 0.4) is 0 Å². The number of carbonyl (C=O) groups is 2. The van der Waals surface area contributed by atoms with Gasteiger partial charge in [0.25, 0.3) is 15.9 Å². The first kappa shape index (κ1) is 17.1. The molecule has 0 radical (unpaired) electrons. The molecule has 1 heterocycles. The number of ether oxygens (including phenoxy) is 1. The number of benzene rings is 1. The molecule has 2 amide bonds. The summed E-state index contributed by atoms with van der Waals surface area (Å²) < 4.78 is 56.7. The molecule has 0 saturated carbocycles. The first-order valence-electron chi connectivity index (χ1n) is 6.62. The molecule has 1 aliphatic rings. The molecule has 1 aromatic carbocycles. The first-order valence-corrected chi connectivity index (χ1v) is 8.11. The molecule has 1 saturated heterocycles. The highest BCUT2D eigenvalue weighted by molar-refractivity contribution is 7.90. The SMILES string of the molecule is COC(=O)N1CCC[C@H]1C(=O)NS(=O)(=O)c1ccc(F)cc1F.